The van der Waals surface area contributed by atoms with Gasteiger partial charge in [-0.1, -0.05) is 33.1 Å². The molecule has 1 aromatic rings. The number of amides is 3. The number of benzene rings is 1. The maximum absolute atomic E-state index is 11.9. The summed E-state index contributed by atoms with van der Waals surface area (Å²) in [6, 6.07) is 6.85. The summed E-state index contributed by atoms with van der Waals surface area (Å²) in [4.78, 5) is 22.8. The molecule has 122 valence electrons. The average molecular weight is 305 g/mol. The molecule has 0 fully saturated rings. The highest BCUT2D eigenvalue weighted by Crippen LogP contribution is 2.14. The second-order valence-electron chi connectivity index (χ2n) is 5.51. The fraction of sp³-hybridized carbons (Fsp3) is 0.529. The number of anilines is 2. The van der Waals surface area contributed by atoms with Gasteiger partial charge in [-0.3, -0.25) is 4.79 Å². The first kappa shape index (κ1) is 18.0. The molecule has 3 N–H and O–H groups in total. The Balaban J connectivity index is 2.39. The van der Waals surface area contributed by atoms with Gasteiger partial charge in [0.05, 0.1) is 0 Å². The van der Waals surface area contributed by atoms with Gasteiger partial charge in [-0.25, -0.2) is 4.79 Å². The molecule has 1 unspecified atom stereocenters. The minimum atomic E-state index is -0.192. The van der Waals surface area contributed by atoms with Crippen molar-refractivity contribution in [1.82, 2.24) is 5.32 Å². The van der Waals surface area contributed by atoms with Gasteiger partial charge in [-0.2, -0.15) is 0 Å². The van der Waals surface area contributed by atoms with Crippen LogP contribution >= 0.6 is 0 Å². The zero-order valence-electron chi connectivity index (χ0n) is 13.7. The van der Waals surface area contributed by atoms with Crippen molar-refractivity contribution in [1.29, 1.82) is 0 Å². The largest absolute Gasteiger partial charge is 0.338 e. The van der Waals surface area contributed by atoms with Crippen molar-refractivity contribution in [2.75, 3.05) is 17.2 Å². The summed E-state index contributed by atoms with van der Waals surface area (Å²) < 4.78 is 0. The molecular weight excluding hydrogens is 278 g/mol. The number of rotatable bonds is 8. The number of carbonyl (C=O) groups is 2. The Kier molecular flexibility index (Phi) is 8.04. The number of unbranched alkanes of at least 4 members (excludes halogenated alkanes) is 1. The van der Waals surface area contributed by atoms with Crippen molar-refractivity contribution in [2.24, 2.45) is 5.92 Å². The second-order valence-corrected chi connectivity index (χ2v) is 5.51. The average Bonchev–Trinajstić information content (AvgIpc) is 2.49. The SMILES string of the molecule is CCCCC(CC)CNC(=O)Nc1ccc(NC(C)=O)cc1. The summed E-state index contributed by atoms with van der Waals surface area (Å²) in [6.07, 6.45) is 4.61. The van der Waals surface area contributed by atoms with E-state index in [1.807, 2.05) is 0 Å². The van der Waals surface area contributed by atoms with E-state index in [-0.39, 0.29) is 11.9 Å². The highest BCUT2D eigenvalue weighted by atomic mass is 16.2. The number of nitrogens with one attached hydrogen (secondary N) is 3. The standard InChI is InChI=1S/C17H27N3O2/c1-4-6-7-14(5-2)12-18-17(22)20-16-10-8-15(9-11-16)19-13(3)21/h8-11,14H,4-7,12H2,1-3H3,(H,19,21)(H2,18,20,22). The Morgan fingerprint density at radius 2 is 1.64 bits per heavy atom. The molecule has 22 heavy (non-hydrogen) atoms. The predicted octanol–water partition coefficient (Wildman–Crippen LogP) is 3.98. The minimum absolute atomic E-state index is 0.115. The fourth-order valence-corrected chi connectivity index (χ4v) is 2.20. The quantitative estimate of drug-likeness (QED) is 0.680. The van der Waals surface area contributed by atoms with Crippen molar-refractivity contribution in [2.45, 2.75) is 46.5 Å². The Bertz CT molecular complexity index is 471. The Morgan fingerprint density at radius 3 is 2.14 bits per heavy atom. The Morgan fingerprint density at radius 1 is 1.05 bits per heavy atom. The topological polar surface area (TPSA) is 70.2 Å². The van der Waals surface area contributed by atoms with Crippen LogP contribution < -0.4 is 16.0 Å². The van der Waals surface area contributed by atoms with Gasteiger partial charge in [-0.05, 0) is 36.6 Å². The Labute approximate surface area is 132 Å². The number of carbonyl (C=O) groups excluding carboxylic acids is 2. The van der Waals surface area contributed by atoms with Crippen LogP contribution in [-0.2, 0) is 4.79 Å². The van der Waals surface area contributed by atoms with Crippen molar-refractivity contribution in [3.05, 3.63) is 24.3 Å². The lowest BCUT2D eigenvalue weighted by Gasteiger charge is -2.15. The van der Waals surface area contributed by atoms with Gasteiger partial charge in [-0.15, -0.1) is 0 Å². The minimum Gasteiger partial charge on any atom is -0.338 e. The van der Waals surface area contributed by atoms with Gasteiger partial charge < -0.3 is 16.0 Å². The van der Waals surface area contributed by atoms with Crippen molar-refractivity contribution in [3.63, 3.8) is 0 Å². The van der Waals surface area contributed by atoms with Crippen LogP contribution in [0, 0.1) is 5.92 Å². The third kappa shape index (κ3) is 7.11. The first-order valence-electron chi connectivity index (χ1n) is 7.97. The van der Waals surface area contributed by atoms with E-state index < -0.39 is 0 Å². The Hall–Kier alpha value is -2.04. The molecular formula is C17H27N3O2. The lowest BCUT2D eigenvalue weighted by molar-refractivity contribution is -0.114. The number of hydrogen-bond donors (Lipinski definition) is 3. The molecule has 0 radical (unpaired) electrons. The van der Waals surface area contributed by atoms with E-state index in [1.165, 1.54) is 19.8 Å². The first-order chi connectivity index (χ1) is 10.5. The van der Waals surface area contributed by atoms with E-state index in [9.17, 15) is 9.59 Å². The maximum Gasteiger partial charge on any atom is 0.319 e. The van der Waals surface area contributed by atoms with Crippen LogP contribution in [0.4, 0.5) is 16.2 Å². The highest BCUT2D eigenvalue weighted by Gasteiger charge is 2.08. The van der Waals surface area contributed by atoms with Gasteiger partial charge in [0.2, 0.25) is 5.91 Å². The molecule has 3 amide bonds. The van der Waals surface area contributed by atoms with Crippen LogP contribution in [0.25, 0.3) is 0 Å². The molecule has 0 aliphatic carbocycles. The molecule has 1 atom stereocenters. The third-order valence-electron chi connectivity index (χ3n) is 3.56. The zero-order chi connectivity index (χ0) is 16.4. The normalized spacial score (nSPS) is 11.6. The second kappa shape index (κ2) is 9.82. The zero-order valence-corrected chi connectivity index (χ0v) is 13.7. The van der Waals surface area contributed by atoms with E-state index >= 15 is 0 Å². The monoisotopic (exact) mass is 305 g/mol. The number of urea groups is 1. The summed E-state index contributed by atoms with van der Waals surface area (Å²) in [5.74, 6) is 0.420. The molecule has 0 saturated heterocycles. The van der Waals surface area contributed by atoms with E-state index in [4.69, 9.17) is 0 Å². The van der Waals surface area contributed by atoms with Crippen LogP contribution in [0.1, 0.15) is 46.5 Å². The smallest absolute Gasteiger partial charge is 0.319 e. The van der Waals surface area contributed by atoms with Gasteiger partial charge in [0.15, 0.2) is 0 Å². The fourth-order valence-electron chi connectivity index (χ4n) is 2.20. The van der Waals surface area contributed by atoms with Gasteiger partial charge in [0.1, 0.15) is 0 Å². The van der Waals surface area contributed by atoms with Crippen molar-refractivity contribution < 1.29 is 9.59 Å². The molecule has 0 aromatic heterocycles. The summed E-state index contributed by atoms with van der Waals surface area (Å²) in [6.45, 7) is 6.49. The van der Waals surface area contributed by atoms with Crippen LogP contribution in [0.3, 0.4) is 0 Å². The van der Waals surface area contributed by atoms with E-state index in [0.29, 0.717) is 23.8 Å². The summed E-state index contributed by atoms with van der Waals surface area (Å²) in [7, 11) is 0. The lowest BCUT2D eigenvalue weighted by atomic mass is 9.99. The molecule has 1 rings (SSSR count). The third-order valence-corrected chi connectivity index (χ3v) is 3.56. The maximum atomic E-state index is 11.9. The lowest BCUT2D eigenvalue weighted by Crippen LogP contribution is -2.33. The highest BCUT2D eigenvalue weighted by molar-refractivity contribution is 5.91. The van der Waals surface area contributed by atoms with Gasteiger partial charge >= 0.3 is 6.03 Å². The molecule has 0 aliphatic heterocycles. The molecule has 0 bridgehead atoms. The summed E-state index contributed by atoms with van der Waals surface area (Å²) in [5.41, 5.74) is 1.41. The molecule has 5 nitrogen and oxygen atoms in total. The van der Waals surface area contributed by atoms with E-state index in [0.717, 1.165) is 12.8 Å². The van der Waals surface area contributed by atoms with Crippen molar-refractivity contribution >= 4 is 23.3 Å². The first-order valence-corrected chi connectivity index (χ1v) is 7.97. The predicted molar refractivity (Wildman–Crippen MR) is 91.1 cm³/mol. The molecule has 0 heterocycles. The van der Waals surface area contributed by atoms with E-state index in [1.54, 1.807) is 24.3 Å². The molecule has 0 saturated carbocycles. The van der Waals surface area contributed by atoms with Gasteiger partial charge in [0.25, 0.3) is 0 Å². The van der Waals surface area contributed by atoms with E-state index in [2.05, 4.69) is 29.8 Å². The van der Waals surface area contributed by atoms with Crippen LogP contribution in [0.15, 0.2) is 24.3 Å². The molecule has 0 spiro atoms. The summed E-state index contributed by atoms with van der Waals surface area (Å²) in [5, 5.41) is 8.40. The number of hydrogen-bond acceptors (Lipinski definition) is 2. The van der Waals surface area contributed by atoms with Crippen LogP contribution in [0.5, 0.6) is 0 Å². The van der Waals surface area contributed by atoms with Crippen molar-refractivity contribution in [3.8, 4) is 0 Å². The summed E-state index contributed by atoms with van der Waals surface area (Å²) >= 11 is 0. The molecule has 0 aliphatic rings. The van der Waals surface area contributed by atoms with Gasteiger partial charge in [0, 0.05) is 24.8 Å². The molecule has 5 heteroatoms. The van der Waals surface area contributed by atoms with Crippen LogP contribution in [0.2, 0.25) is 0 Å². The molecule has 1 aromatic carbocycles. The van der Waals surface area contributed by atoms with Crippen LogP contribution in [-0.4, -0.2) is 18.5 Å².